The van der Waals surface area contributed by atoms with Crippen molar-refractivity contribution in [2.75, 3.05) is 13.1 Å². The van der Waals surface area contributed by atoms with Crippen molar-refractivity contribution in [1.82, 2.24) is 4.90 Å². The van der Waals surface area contributed by atoms with Gasteiger partial charge >= 0.3 is 0 Å². The third-order valence-electron chi connectivity index (χ3n) is 7.54. The molecule has 0 heterocycles. The van der Waals surface area contributed by atoms with Crippen LogP contribution in [-0.2, 0) is 4.79 Å². The van der Waals surface area contributed by atoms with Gasteiger partial charge in [0.05, 0.1) is 6.07 Å². The standard InChI is InChI=1S/C34H62N2O/c1-6-8-9-10-11-12-13-14-15-16-17-18-19-20-21-25-34(37)36(28-7-2)29-23-22-24-33(30-35)27-26-32(5)31(3)4/h14-15,31,33H,5-13,16-29H2,1-4H3/b15-14-. The van der Waals surface area contributed by atoms with E-state index in [1.165, 1.54) is 82.6 Å². The minimum absolute atomic E-state index is 0.113. The van der Waals surface area contributed by atoms with Gasteiger partial charge in [-0.3, -0.25) is 4.79 Å². The van der Waals surface area contributed by atoms with Crippen LogP contribution in [0.5, 0.6) is 0 Å². The third-order valence-corrected chi connectivity index (χ3v) is 7.54. The number of amides is 1. The first kappa shape index (κ1) is 35.4. The quantitative estimate of drug-likeness (QED) is 0.0851. The van der Waals surface area contributed by atoms with Crippen LogP contribution in [0.4, 0.5) is 0 Å². The molecule has 3 nitrogen and oxygen atoms in total. The van der Waals surface area contributed by atoms with Crippen LogP contribution in [0.3, 0.4) is 0 Å². The molecule has 214 valence electrons. The molecule has 37 heavy (non-hydrogen) atoms. The van der Waals surface area contributed by atoms with E-state index in [1.807, 2.05) is 0 Å². The van der Waals surface area contributed by atoms with E-state index in [9.17, 15) is 10.1 Å². The van der Waals surface area contributed by atoms with Gasteiger partial charge in [-0.2, -0.15) is 5.26 Å². The predicted octanol–water partition coefficient (Wildman–Crippen LogP) is 10.6. The van der Waals surface area contributed by atoms with Crippen molar-refractivity contribution in [3.63, 3.8) is 0 Å². The topological polar surface area (TPSA) is 44.1 Å². The fourth-order valence-electron chi connectivity index (χ4n) is 4.75. The van der Waals surface area contributed by atoms with E-state index in [1.54, 1.807) is 0 Å². The summed E-state index contributed by atoms with van der Waals surface area (Å²) in [5.74, 6) is 0.931. The fourth-order valence-corrected chi connectivity index (χ4v) is 4.75. The number of unbranched alkanes of at least 4 members (excludes halogenated alkanes) is 12. The Bertz CT molecular complexity index is 616. The van der Waals surface area contributed by atoms with Gasteiger partial charge in [-0.1, -0.05) is 110 Å². The Morgan fingerprint density at radius 3 is 1.92 bits per heavy atom. The van der Waals surface area contributed by atoms with Gasteiger partial charge < -0.3 is 4.90 Å². The largest absolute Gasteiger partial charge is 0.343 e. The third kappa shape index (κ3) is 22.2. The van der Waals surface area contributed by atoms with E-state index in [0.29, 0.717) is 18.2 Å². The Labute approximate surface area is 232 Å². The van der Waals surface area contributed by atoms with Crippen molar-refractivity contribution in [3.8, 4) is 6.07 Å². The number of nitrogens with zero attached hydrogens (tertiary/aromatic N) is 2. The van der Waals surface area contributed by atoms with Crippen LogP contribution >= 0.6 is 0 Å². The van der Waals surface area contributed by atoms with Crippen molar-refractivity contribution in [2.24, 2.45) is 11.8 Å². The molecule has 0 aliphatic heterocycles. The Kier molecular flexibility index (Phi) is 25.0. The smallest absolute Gasteiger partial charge is 0.222 e. The summed E-state index contributed by atoms with van der Waals surface area (Å²) in [4.78, 5) is 14.8. The monoisotopic (exact) mass is 514 g/mol. The molecule has 0 saturated carbocycles. The highest BCUT2D eigenvalue weighted by Gasteiger charge is 2.13. The zero-order chi connectivity index (χ0) is 27.6. The molecule has 0 N–H and O–H groups in total. The van der Waals surface area contributed by atoms with Crippen LogP contribution in [-0.4, -0.2) is 23.9 Å². The SMILES string of the molecule is C=C(CCC(C#N)CCCCN(CCC)C(=O)CCCCCCC/C=C\CCCCCCCC)C(C)C. The first-order valence-electron chi connectivity index (χ1n) is 16.0. The first-order valence-corrected chi connectivity index (χ1v) is 16.0. The normalized spacial score (nSPS) is 12.2. The number of hydrogen-bond donors (Lipinski definition) is 0. The molecule has 0 aromatic rings. The van der Waals surface area contributed by atoms with Gasteiger partial charge in [0, 0.05) is 25.4 Å². The maximum atomic E-state index is 12.7. The van der Waals surface area contributed by atoms with Crippen LogP contribution < -0.4 is 0 Å². The van der Waals surface area contributed by atoms with Gasteiger partial charge in [0.1, 0.15) is 0 Å². The molecule has 0 aliphatic rings. The predicted molar refractivity (Wildman–Crippen MR) is 162 cm³/mol. The van der Waals surface area contributed by atoms with E-state index < -0.39 is 0 Å². The zero-order valence-electron chi connectivity index (χ0n) is 25.4. The summed E-state index contributed by atoms with van der Waals surface area (Å²) in [6.07, 6.45) is 28.0. The average Bonchev–Trinajstić information content (AvgIpc) is 2.89. The minimum atomic E-state index is 0.113. The van der Waals surface area contributed by atoms with Crippen LogP contribution in [0.25, 0.3) is 0 Å². The summed E-state index contributed by atoms with van der Waals surface area (Å²) < 4.78 is 0. The molecule has 0 aromatic carbocycles. The zero-order valence-corrected chi connectivity index (χ0v) is 25.4. The summed E-state index contributed by atoms with van der Waals surface area (Å²) >= 11 is 0. The van der Waals surface area contributed by atoms with Gasteiger partial charge in [-0.05, 0) is 70.1 Å². The molecule has 0 aliphatic carbocycles. The van der Waals surface area contributed by atoms with Gasteiger partial charge in [0.2, 0.25) is 5.91 Å². The molecular formula is C34H62N2O. The lowest BCUT2D eigenvalue weighted by atomic mass is 9.92. The molecule has 0 fully saturated rings. The second-order valence-electron chi connectivity index (χ2n) is 11.4. The molecular weight excluding hydrogens is 452 g/mol. The van der Waals surface area contributed by atoms with Gasteiger partial charge in [0.15, 0.2) is 0 Å². The molecule has 0 radical (unpaired) electrons. The second kappa shape index (κ2) is 26.1. The number of carbonyl (C=O) groups is 1. The minimum Gasteiger partial charge on any atom is -0.343 e. The van der Waals surface area contributed by atoms with Crippen LogP contribution in [0.1, 0.15) is 156 Å². The highest BCUT2D eigenvalue weighted by molar-refractivity contribution is 5.76. The molecule has 0 bridgehead atoms. The average molecular weight is 515 g/mol. The van der Waals surface area contributed by atoms with Crippen molar-refractivity contribution in [1.29, 1.82) is 5.26 Å². The lowest BCUT2D eigenvalue weighted by molar-refractivity contribution is -0.131. The van der Waals surface area contributed by atoms with Crippen molar-refractivity contribution in [3.05, 3.63) is 24.3 Å². The van der Waals surface area contributed by atoms with Gasteiger partial charge in [0.25, 0.3) is 0 Å². The summed E-state index contributed by atoms with van der Waals surface area (Å²) in [7, 11) is 0. The molecule has 3 heteroatoms. The summed E-state index contributed by atoms with van der Waals surface area (Å²) in [5.41, 5.74) is 1.25. The van der Waals surface area contributed by atoms with Crippen molar-refractivity contribution in [2.45, 2.75) is 156 Å². The van der Waals surface area contributed by atoms with Crippen molar-refractivity contribution >= 4 is 5.91 Å². The van der Waals surface area contributed by atoms with Crippen LogP contribution in [0.15, 0.2) is 24.3 Å². The molecule has 0 rings (SSSR count). The summed E-state index contributed by atoms with van der Waals surface area (Å²) in [6, 6.07) is 2.48. The Morgan fingerprint density at radius 1 is 0.757 bits per heavy atom. The van der Waals surface area contributed by atoms with Crippen LogP contribution in [0.2, 0.25) is 0 Å². The Morgan fingerprint density at radius 2 is 1.35 bits per heavy atom. The van der Waals surface area contributed by atoms with Crippen LogP contribution in [0, 0.1) is 23.2 Å². The second-order valence-corrected chi connectivity index (χ2v) is 11.4. The lowest BCUT2D eigenvalue weighted by Gasteiger charge is -2.22. The highest BCUT2D eigenvalue weighted by atomic mass is 16.2. The van der Waals surface area contributed by atoms with E-state index >= 15 is 0 Å². The number of hydrogen-bond acceptors (Lipinski definition) is 2. The maximum absolute atomic E-state index is 12.7. The lowest BCUT2D eigenvalue weighted by Crippen LogP contribution is -2.32. The Hall–Kier alpha value is -1.56. The summed E-state index contributed by atoms with van der Waals surface area (Å²) in [5, 5.41) is 9.47. The number of carbonyl (C=O) groups excluding carboxylic acids is 1. The van der Waals surface area contributed by atoms with E-state index in [4.69, 9.17) is 0 Å². The molecule has 1 unspecified atom stereocenters. The Balaban J connectivity index is 3.86. The van der Waals surface area contributed by atoms with E-state index in [0.717, 1.165) is 58.0 Å². The molecule has 1 atom stereocenters. The van der Waals surface area contributed by atoms with E-state index in [2.05, 4.69) is 57.4 Å². The molecule has 1 amide bonds. The maximum Gasteiger partial charge on any atom is 0.222 e. The summed E-state index contributed by atoms with van der Waals surface area (Å²) in [6.45, 7) is 14.6. The number of allylic oxidation sites excluding steroid dienone is 3. The molecule has 0 aromatic heterocycles. The fraction of sp³-hybridized carbons (Fsp3) is 0.824. The van der Waals surface area contributed by atoms with Gasteiger partial charge in [-0.15, -0.1) is 0 Å². The van der Waals surface area contributed by atoms with Gasteiger partial charge in [-0.25, -0.2) is 0 Å². The van der Waals surface area contributed by atoms with Crippen molar-refractivity contribution < 1.29 is 4.79 Å². The molecule has 0 saturated heterocycles. The number of rotatable bonds is 26. The number of nitriles is 1. The first-order chi connectivity index (χ1) is 18.0. The molecule has 0 spiro atoms. The van der Waals surface area contributed by atoms with E-state index in [-0.39, 0.29) is 5.92 Å². The highest BCUT2D eigenvalue weighted by Crippen LogP contribution is 2.21.